The molecule has 0 saturated heterocycles. The summed E-state index contributed by atoms with van der Waals surface area (Å²) in [6.07, 6.45) is 5.28. The first-order valence-electron chi connectivity index (χ1n) is 7.16. The van der Waals surface area contributed by atoms with Crippen LogP contribution < -0.4 is 0 Å². The summed E-state index contributed by atoms with van der Waals surface area (Å²) in [4.78, 5) is 4.70. The molecule has 0 bridgehead atoms. The lowest BCUT2D eigenvalue weighted by molar-refractivity contribution is 0.647. The second kappa shape index (κ2) is 5.12. The van der Waals surface area contributed by atoms with Crippen molar-refractivity contribution in [3.63, 3.8) is 0 Å². The van der Waals surface area contributed by atoms with Crippen LogP contribution in [-0.4, -0.2) is 9.38 Å². The zero-order valence-corrected chi connectivity index (χ0v) is 12.3. The maximum absolute atomic E-state index is 4.70. The van der Waals surface area contributed by atoms with Gasteiger partial charge in [0, 0.05) is 18.0 Å². The van der Waals surface area contributed by atoms with Gasteiger partial charge in [0.2, 0.25) is 0 Å². The van der Waals surface area contributed by atoms with E-state index in [1.54, 1.807) is 0 Å². The summed E-state index contributed by atoms with van der Waals surface area (Å²) >= 11 is 0. The molecule has 3 rings (SSSR count). The number of nitrogens with zero attached hydrogens (tertiary/aromatic N) is 2. The molecule has 2 heterocycles. The molecule has 0 saturated carbocycles. The summed E-state index contributed by atoms with van der Waals surface area (Å²) in [5, 5.41) is 0. The Labute approximate surface area is 120 Å². The summed E-state index contributed by atoms with van der Waals surface area (Å²) in [7, 11) is 0. The number of pyridine rings is 1. The van der Waals surface area contributed by atoms with Crippen LogP contribution in [0, 0.1) is 12.8 Å². The molecule has 0 atom stereocenters. The number of imidazole rings is 1. The smallest absolute Gasteiger partial charge is 0.137 e. The average Bonchev–Trinajstić information content (AvgIpc) is 2.81. The molecule has 0 amide bonds. The molecular formula is C18H20N2. The average molecular weight is 264 g/mol. The highest BCUT2D eigenvalue weighted by atomic mass is 15.0. The van der Waals surface area contributed by atoms with Crippen LogP contribution in [0.3, 0.4) is 0 Å². The normalized spacial score (nSPS) is 11.4. The molecule has 2 aromatic heterocycles. The number of hydrogen-bond acceptors (Lipinski definition) is 1. The zero-order chi connectivity index (χ0) is 14.1. The Morgan fingerprint density at radius 1 is 1.10 bits per heavy atom. The van der Waals surface area contributed by atoms with E-state index in [9.17, 15) is 0 Å². The molecule has 1 aromatic carbocycles. The highest BCUT2D eigenvalue weighted by molar-refractivity contribution is 5.63. The van der Waals surface area contributed by atoms with Crippen LogP contribution in [0.15, 0.2) is 48.8 Å². The van der Waals surface area contributed by atoms with E-state index >= 15 is 0 Å². The lowest BCUT2D eigenvalue weighted by Crippen LogP contribution is -1.93. The Balaban J connectivity index is 1.94. The van der Waals surface area contributed by atoms with E-state index < -0.39 is 0 Å². The van der Waals surface area contributed by atoms with Crippen LogP contribution in [0.5, 0.6) is 0 Å². The third kappa shape index (κ3) is 2.60. The largest absolute Gasteiger partial charge is 0.306 e. The van der Waals surface area contributed by atoms with Gasteiger partial charge in [-0.05, 0) is 42.5 Å². The number of aryl methyl sites for hydroxylation is 1. The van der Waals surface area contributed by atoms with E-state index in [0.717, 1.165) is 17.8 Å². The quantitative estimate of drug-likeness (QED) is 0.680. The highest BCUT2D eigenvalue weighted by Crippen LogP contribution is 2.21. The topological polar surface area (TPSA) is 17.3 Å². The first kappa shape index (κ1) is 12.9. The molecule has 2 heteroatoms. The fourth-order valence-corrected chi connectivity index (χ4v) is 2.51. The summed E-state index contributed by atoms with van der Waals surface area (Å²) < 4.78 is 2.07. The molecule has 0 aliphatic heterocycles. The van der Waals surface area contributed by atoms with Gasteiger partial charge in [0.05, 0.1) is 5.69 Å². The number of fused-ring (bicyclic) bond motifs is 1. The first-order valence-corrected chi connectivity index (χ1v) is 7.16. The van der Waals surface area contributed by atoms with Crippen LogP contribution in [0.1, 0.15) is 25.0 Å². The Morgan fingerprint density at radius 2 is 1.85 bits per heavy atom. The molecule has 102 valence electrons. The van der Waals surface area contributed by atoms with Gasteiger partial charge in [0.15, 0.2) is 0 Å². The van der Waals surface area contributed by atoms with Gasteiger partial charge >= 0.3 is 0 Å². The number of benzene rings is 1. The van der Waals surface area contributed by atoms with E-state index in [2.05, 4.69) is 74.0 Å². The van der Waals surface area contributed by atoms with Crippen LogP contribution in [0.25, 0.3) is 16.9 Å². The Kier molecular flexibility index (Phi) is 3.31. The van der Waals surface area contributed by atoms with E-state index in [1.807, 2.05) is 0 Å². The molecule has 0 fully saturated rings. The van der Waals surface area contributed by atoms with Gasteiger partial charge in [-0.25, -0.2) is 4.98 Å². The lowest BCUT2D eigenvalue weighted by atomic mass is 10.0. The van der Waals surface area contributed by atoms with Crippen molar-refractivity contribution in [1.82, 2.24) is 9.38 Å². The van der Waals surface area contributed by atoms with Gasteiger partial charge in [-0.2, -0.15) is 0 Å². The Hall–Kier alpha value is -2.09. The number of aromatic nitrogens is 2. The first-order chi connectivity index (χ1) is 9.61. The van der Waals surface area contributed by atoms with Crippen molar-refractivity contribution in [1.29, 1.82) is 0 Å². The number of rotatable bonds is 3. The van der Waals surface area contributed by atoms with Crippen molar-refractivity contribution in [2.24, 2.45) is 5.92 Å². The molecule has 0 aliphatic rings. The predicted molar refractivity (Wildman–Crippen MR) is 83.9 cm³/mol. The van der Waals surface area contributed by atoms with Crippen molar-refractivity contribution in [2.45, 2.75) is 27.2 Å². The minimum Gasteiger partial charge on any atom is -0.306 e. The second-order valence-corrected chi connectivity index (χ2v) is 5.89. The monoisotopic (exact) mass is 264 g/mol. The van der Waals surface area contributed by atoms with Crippen LogP contribution in [0.4, 0.5) is 0 Å². The maximum atomic E-state index is 4.70. The second-order valence-electron chi connectivity index (χ2n) is 5.89. The Morgan fingerprint density at radius 3 is 2.55 bits per heavy atom. The van der Waals surface area contributed by atoms with Crippen molar-refractivity contribution in [3.8, 4) is 11.3 Å². The molecular weight excluding hydrogens is 244 g/mol. The van der Waals surface area contributed by atoms with Crippen LogP contribution in [-0.2, 0) is 6.42 Å². The molecule has 2 nitrogen and oxygen atoms in total. The summed E-state index contributed by atoms with van der Waals surface area (Å²) in [5.41, 5.74) is 5.85. The SMILES string of the molecule is Cc1ccn2cc(-c3ccc(CC(C)C)cc3)nc2c1. The third-order valence-electron chi connectivity index (χ3n) is 3.51. The van der Waals surface area contributed by atoms with Crippen molar-refractivity contribution in [3.05, 3.63) is 59.9 Å². The highest BCUT2D eigenvalue weighted by Gasteiger charge is 2.05. The predicted octanol–water partition coefficient (Wildman–Crippen LogP) is 4.51. The van der Waals surface area contributed by atoms with E-state index in [1.165, 1.54) is 16.7 Å². The lowest BCUT2D eigenvalue weighted by Gasteiger charge is -2.05. The van der Waals surface area contributed by atoms with Gasteiger partial charge in [-0.3, -0.25) is 0 Å². The van der Waals surface area contributed by atoms with Crippen molar-refractivity contribution >= 4 is 5.65 Å². The Bertz CT molecular complexity index is 721. The minimum absolute atomic E-state index is 0.694. The van der Waals surface area contributed by atoms with Crippen LogP contribution >= 0.6 is 0 Å². The molecule has 3 aromatic rings. The van der Waals surface area contributed by atoms with Crippen LogP contribution in [0.2, 0.25) is 0 Å². The fourth-order valence-electron chi connectivity index (χ4n) is 2.51. The standard InChI is InChI=1S/C18H20N2/c1-13(2)10-15-4-6-16(7-5-15)17-12-20-9-8-14(3)11-18(20)19-17/h4-9,11-13H,10H2,1-3H3. The summed E-state index contributed by atoms with van der Waals surface area (Å²) in [5.74, 6) is 0.694. The summed E-state index contributed by atoms with van der Waals surface area (Å²) in [6, 6.07) is 13.0. The summed E-state index contributed by atoms with van der Waals surface area (Å²) in [6.45, 7) is 6.59. The minimum atomic E-state index is 0.694. The molecule has 20 heavy (non-hydrogen) atoms. The van der Waals surface area contributed by atoms with Gasteiger partial charge < -0.3 is 4.40 Å². The maximum Gasteiger partial charge on any atom is 0.137 e. The van der Waals surface area contributed by atoms with E-state index in [4.69, 9.17) is 4.98 Å². The van der Waals surface area contributed by atoms with Gasteiger partial charge in [0.25, 0.3) is 0 Å². The van der Waals surface area contributed by atoms with Crippen molar-refractivity contribution < 1.29 is 0 Å². The number of hydrogen-bond donors (Lipinski definition) is 0. The van der Waals surface area contributed by atoms with Gasteiger partial charge in [-0.15, -0.1) is 0 Å². The molecule has 0 aliphatic carbocycles. The van der Waals surface area contributed by atoms with E-state index in [-0.39, 0.29) is 0 Å². The van der Waals surface area contributed by atoms with Crippen molar-refractivity contribution in [2.75, 3.05) is 0 Å². The molecule has 0 radical (unpaired) electrons. The molecule has 0 spiro atoms. The van der Waals surface area contributed by atoms with Gasteiger partial charge in [0.1, 0.15) is 5.65 Å². The zero-order valence-electron chi connectivity index (χ0n) is 12.3. The molecule has 0 N–H and O–H groups in total. The third-order valence-corrected chi connectivity index (χ3v) is 3.51. The fraction of sp³-hybridized carbons (Fsp3) is 0.278. The van der Waals surface area contributed by atoms with E-state index in [0.29, 0.717) is 5.92 Å². The van der Waals surface area contributed by atoms with Gasteiger partial charge in [-0.1, -0.05) is 38.1 Å². The molecule has 0 unspecified atom stereocenters.